The van der Waals surface area contributed by atoms with Crippen LogP contribution in [0.1, 0.15) is 19.3 Å². The lowest BCUT2D eigenvalue weighted by Gasteiger charge is -2.33. The number of carbonyl (C=O) groups is 2. The van der Waals surface area contributed by atoms with Crippen LogP contribution < -0.4 is 4.90 Å². The molecule has 2 amide bonds. The van der Waals surface area contributed by atoms with E-state index in [9.17, 15) is 9.59 Å². The fourth-order valence-electron chi connectivity index (χ4n) is 4.79. The van der Waals surface area contributed by atoms with Gasteiger partial charge in [-0.05, 0) is 49.1 Å². The van der Waals surface area contributed by atoms with Crippen molar-refractivity contribution in [3.63, 3.8) is 0 Å². The van der Waals surface area contributed by atoms with E-state index in [0.717, 1.165) is 53.7 Å². The lowest BCUT2D eigenvalue weighted by Crippen LogP contribution is -2.43. The van der Waals surface area contributed by atoms with E-state index in [0.29, 0.717) is 18.9 Å². The first-order chi connectivity index (χ1) is 15.1. The van der Waals surface area contributed by atoms with E-state index in [2.05, 4.69) is 31.5 Å². The number of amides is 2. The number of benzene rings is 2. The maximum absolute atomic E-state index is 13.1. The largest absolute Gasteiger partial charge is 0.342 e. The molecule has 0 N–H and O–H groups in total. The van der Waals surface area contributed by atoms with Gasteiger partial charge in [0.1, 0.15) is 0 Å². The van der Waals surface area contributed by atoms with Crippen molar-refractivity contribution < 1.29 is 9.59 Å². The van der Waals surface area contributed by atoms with Gasteiger partial charge < -0.3 is 14.4 Å². The molecular formula is C24H25BrN4O2. The molecule has 3 aromatic rings. The first-order valence-corrected chi connectivity index (χ1v) is 11.6. The maximum Gasteiger partial charge on any atom is 0.228 e. The van der Waals surface area contributed by atoms with Crippen molar-refractivity contribution in [3.05, 3.63) is 59.3 Å². The van der Waals surface area contributed by atoms with E-state index < -0.39 is 0 Å². The Morgan fingerprint density at radius 1 is 1.10 bits per heavy atom. The minimum absolute atomic E-state index is 0.0262. The highest BCUT2D eigenvalue weighted by molar-refractivity contribution is 9.10. The number of hydrogen-bond acceptors (Lipinski definition) is 3. The average Bonchev–Trinajstić information content (AvgIpc) is 3.37. The van der Waals surface area contributed by atoms with Crippen LogP contribution in [0.3, 0.4) is 0 Å². The van der Waals surface area contributed by atoms with Crippen LogP contribution in [0.4, 0.5) is 5.69 Å². The van der Waals surface area contributed by atoms with Gasteiger partial charge in [0.25, 0.3) is 0 Å². The fraction of sp³-hybridized carbons (Fsp3) is 0.375. The third kappa shape index (κ3) is 4.11. The Labute approximate surface area is 190 Å². The van der Waals surface area contributed by atoms with Crippen LogP contribution in [0.25, 0.3) is 11.0 Å². The minimum atomic E-state index is -0.249. The maximum atomic E-state index is 13.1. The summed E-state index contributed by atoms with van der Waals surface area (Å²) in [6, 6.07) is 15.9. The number of anilines is 1. The molecule has 5 rings (SSSR count). The van der Waals surface area contributed by atoms with Gasteiger partial charge in [-0.1, -0.05) is 34.1 Å². The molecule has 2 fully saturated rings. The molecule has 0 aliphatic carbocycles. The Morgan fingerprint density at radius 3 is 2.71 bits per heavy atom. The molecule has 3 heterocycles. The molecule has 1 unspecified atom stereocenters. The molecule has 31 heavy (non-hydrogen) atoms. The smallest absolute Gasteiger partial charge is 0.228 e. The summed E-state index contributed by atoms with van der Waals surface area (Å²) in [5.41, 5.74) is 3.04. The van der Waals surface area contributed by atoms with Crippen LogP contribution in [0.5, 0.6) is 0 Å². The Balaban J connectivity index is 1.18. The molecule has 2 aromatic carbocycles. The highest BCUT2D eigenvalue weighted by Gasteiger charge is 2.38. The van der Waals surface area contributed by atoms with Gasteiger partial charge in [0, 0.05) is 42.8 Å². The number of halogens is 1. The van der Waals surface area contributed by atoms with Crippen molar-refractivity contribution in [1.82, 2.24) is 14.5 Å². The quantitative estimate of drug-likeness (QED) is 0.564. The van der Waals surface area contributed by atoms with E-state index in [1.165, 1.54) is 0 Å². The Morgan fingerprint density at radius 2 is 1.90 bits per heavy atom. The summed E-state index contributed by atoms with van der Waals surface area (Å²) < 4.78 is 3.16. The number of piperidine rings is 1. The lowest BCUT2D eigenvalue weighted by atomic mass is 9.95. The summed E-state index contributed by atoms with van der Waals surface area (Å²) in [7, 11) is 0. The molecule has 2 saturated heterocycles. The Kier molecular flexibility index (Phi) is 5.52. The van der Waals surface area contributed by atoms with Crippen LogP contribution >= 0.6 is 15.9 Å². The van der Waals surface area contributed by atoms with Crippen molar-refractivity contribution in [3.8, 4) is 0 Å². The van der Waals surface area contributed by atoms with Crippen LogP contribution in [0.15, 0.2) is 59.3 Å². The number of fused-ring (bicyclic) bond motifs is 1. The van der Waals surface area contributed by atoms with E-state index >= 15 is 0 Å². The number of para-hydroxylation sites is 2. The van der Waals surface area contributed by atoms with E-state index in [4.69, 9.17) is 0 Å². The van der Waals surface area contributed by atoms with Gasteiger partial charge in [-0.2, -0.15) is 0 Å². The fourth-order valence-corrected chi connectivity index (χ4v) is 5.18. The average molecular weight is 481 g/mol. The second-order valence-corrected chi connectivity index (χ2v) is 9.46. The number of hydrogen-bond donors (Lipinski definition) is 0. The van der Waals surface area contributed by atoms with Crippen molar-refractivity contribution in [1.29, 1.82) is 0 Å². The molecular weight excluding hydrogens is 456 g/mol. The second kappa shape index (κ2) is 8.46. The molecule has 2 aliphatic rings. The molecule has 2 aliphatic heterocycles. The predicted molar refractivity (Wildman–Crippen MR) is 124 cm³/mol. The van der Waals surface area contributed by atoms with Gasteiger partial charge in [0.15, 0.2) is 0 Å². The third-order valence-electron chi connectivity index (χ3n) is 6.50. The first-order valence-electron chi connectivity index (χ1n) is 10.8. The summed E-state index contributed by atoms with van der Waals surface area (Å²) in [5.74, 6) is 0.432. The van der Waals surface area contributed by atoms with E-state index in [-0.39, 0.29) is 17.7 Å². The summed E-state index contributed by atoms with van der Waals surface area (Å²) in [6.45, 7) is 2.92. The summed E-state index contributed by atoms with van der Waals surface area (Å²) in [6.07, 6.45) is 4.18. The first kappa shape index (κ1) is 20.2. The number of nitrogens with zero attached hydrogens (tertiary/aromatic N) is 4. The van der Waals surface area contributed by atoms with E-state index in [1.54, 1.807) is 4.90 Å². The zero-order chi connectivity index (χ0) is 21.4. The topological polar surface area (TPSA) is 58.4 Å². The zero-order valence-electron chi connectivity index (χ0n) is 17.3. The molecule has 6 nitrogen and oxygen atoms in total. The molecule has 0 spiro atoms. The summed E-state index contributed by atoms with van der Waals surface area (Å²) >= 11 is 3.46. The number of likely N-dealkylation sites (tertiary alicyclic amines) is 1. The number of rotatable bonds is 4. The van der Waals surface area contributed by atoms with Crippen molar-refractivity contribution >= 4 is 44.5 Å². The highest BCUT2D eigenvalue weighted by atomic mass is 79.9. The third-order valence-corrected chi connectivity index (χ3v) is 7.00. The van der Waals surface area contributed by atoms with Gasteiger partial charge in [-0.3, -0.25) is 9.59 Å². The molecule has 1 aromatic heterocycles. The number of carbonyl (C=O) groups excluding carboxylic acids is 2. The van der Waals surface area contributed by atoms with Crippen molar-refractivity contribution in [2.24, 2.45) is 11.8 Å². The molecule has 1 atom stereocenters. The van der Waals surface area contributed by atoms with Crippen LogP contribution in [0.2, 0.25) is 0 Å². The van der Waals surface area contributed by atoms with Gasteiger partial charge in [-0.25, -0.2) is 4.98 Å². The van der Waals surface area contributed by atoms with Gasteiger partial charge in [0.2, 0.25) is 11.8 Å². The predicted octanol–water partition coefficient (Wildman–Crippen LogP) is 4.09. The van der Waals surface area contributed by atoms with E-state index in [1.807, 2.05) is 53.7 Å². The standard InChI is InChI=1S/C24H25BrN4O2/c25-19-4-3-5-20(13-19)29-15-18(12-23(29)30)24(31)27-10-8-17(9-11-27)14-28-16-26-21-6-1-2-7-22(21)28/h1-7,13,16-18H,8-12,14-15H2. The monoisotopic (exact) mass is 480 g/mol. The second-order valence-electron chi connectivity index (χ2n) is 8.54. The molecule has 160 valence electrons. The summed E-state index contributed by atoms with van der Waals surface area (Å²) in [4.78, 5) is 33.8. The highest BCUT2D eigenvalue weighted by Crippen LogP contribution is 2.30. The number of aromatic nitrogens is 2. The van der Waals surface area contributed by atoms with Gasteiger partial charge in [0.05, 0.1) is 23.3 Å². The SMILES string of the molecule is O=C(C1CC(=O)N(c2cccc(Br)c2)C1)N1CCC(Cn2cnc3ccccc32)CC1. The molecule has 0 radical (unpaired) electrons. The van der Waals surface area contributed by atoms with Crippen LogP contribution in [-0.4, -0.2) is 45.9 Å². The zero-order valence-corrected chi connectivity index (χ0v) is 18.9. The van der Waals surface area contributed by atoms with Gasteiger partial charge in [-0.15, -0.1) is 0 Å². The Hall–Kier alpha value is -2.67. The van der Waals surface area contributed by atoms with Crippen LogP contribution in [-0.2, 0) is 16.1 Å². The molecule has 0 saturated carbocycles. The summed E-state index contributed by atoms with van der Waals surface area (Å²) in [5, 5.41) is 0. The van der Waals surface area contributed by atoms with Crippen molar-refractivity contribution in [2.75, 3.05) is 24.5 Å². The van der Waals surface area contributed by atoms with Gasteiger partial charge >= 0.3 is 0 Å². The lowest BCUT2D eigenvalue weighted by molar-refractivity contribution is -0.137. The number of imidazole rings is 1. The Bertz CT molecular complexity index is 1120. The normalized spacial score (nSPS) is 20.0. The molecule has 7 heteroatoms. The van der Waals surface area contributed by atoms with Crippen molar-refractivity contribution in [2.45, 2.75) is 25.8 Å². The molecule has 0 bridgehead atoms. The van der Waals surface area contributed by atoms with Crippen LogP contribution in [0, 0.1) is 11.8 Å². The minimum Gasteiger partial charge on any atom is -0.342 e.